The summed E-state index contributed by atoms with van der Waals surface area (Å²) in [5, 5.41) is 12.2. The lowest BCUT2D eigenvalue weighted by molar-refractivity contribution is -0.117. The molecule has 0 spiro atoms. The van der Waals surface area contributed by atoms with Crippen molar-refractivity contribution in [2.75, 3.05) is 13.1 Å². The third-order valence-electron chi connectivity index (χ3n) is 1.67. The summed E-state index contributed by atoms with van der Waals surface area (Å²) in [5.74, 6) is -0.293. The van der Waals surface area contributed by atoms with Gasteiger partial charge in [-0.15, -0.1) is 0 Å². The number of rotatable bonds is 7. The molecule has 0 bridgehead atoms. The molecule has 1 unspecified atom stereocenters. The Kier molecular flexibility index (Phi) is 6.70. The molecule has 0 aliphatic heterocycles. The number of nitrogens with one attached hydrogen (secondary N) is 1. The Morgan fingerprint density at radius 3 is 2.75 bits per heavy atom. The van der Waals surface area contributed by atoms with Crippen LogP contribution in [-0.4, -0.2) is 30.2 Å². The summed E-state index contributed by atoms with van der Waals surface area (Å²) in [4.78, 5) is 10.3. The fourth-order valence-electron chi connectivity index (χ4n) is 0.809. The molecule has 0 rings (SSSR count). The minimum atomic E-state index is -0.293. The summed E-state index contributed by atoms with van der Waals surface area (Å²) < 4.78 is 0. The highest BCUT2D eigenvalue weighted by Gasteiger charge is 1.99. The van der Waals surface area contributed by atoms with E-state index >= 15 is 0 Å². The number of aliphatic hydroxyl groups is 1. The van der Waals surface area contributed by atoms with Crippen molar-refractivity contribution < 1.29 is 9.90 Å². The fourth-order valence-corrected chi connectivity index (χ4v) is 0.809. The number of amides is 1. The first-order valence-corrected chi connectivity index (χ1v) is 4.34. The van der Waals surface area contributed by atoms with Crippen LogP contribution in [0.2, 0.25) is 0 Å². The highest BCUT2D eigenvalue weighted by Crippen LogP contribution is 1.93. The SMILES string of the molecule is CCC(O)CCNCCC(N)=O. The maximum atomic E-state index is 10.3. The van der Waals surface area contributed by atoms with Crippen molar-refractivity contribution in [1.29, 1.82) is 0 Å². The molecular formula is C8H18N2O2. The van der Waals surface area contributed by atoms with Gasteiger partial charge >= 0.3 is 0 Å². The van der Waals surface area contributed by atoms with E-state index in [4.69, 9.17) is 10.8 Å². The molecule has 0 saturated heterocycles. The maximum Gasteiger partial charge on any atom is 0.218 e. The number of hydrogen-bond acceptors (Lipinski definition) is 3. The van der Waals surface area contributed by atoms with E-state index in [0.717, 1.165) is 19.4 Å². The van der Waals surface area contributed by atoms with Crippen LogP contribution in [0.3, 0.4) is 0 Å². The Bertz CT molecular complexity index is 128. The minimum Gasteiger partial charge on any atom is -0.393 e. The Morgan fingerprint density at radius 1 is 1.58 bits per heavy atom. The lowest BCUT2D eigenvalue weighted by Gasteiger charge is -2.07. The quantitative estimate of drug-likeness (QED) is 0.460. The highest BCUT2D eigenvalue weighted by molar-refractivity contribution is 5.73. The minimum absolute atomic E-state index is 0.230. The van der Waals surface area contributed by atoms with Gasteiger partial charge in [0.25, 0.3) is 0 Å². The summed E-state index contributed by atoms with van der Waals surface area (Å²) in [6, 6.07) is 0. The standard InChI is InChI=1S/C8H18N2O2/c1-2-7(11)3-5-10-6-4-8(9)12/h7,10-11H,2-6H2,1H3,(H2,9,12). The van der Waals surface area contributed by atoms with E-state index in [0.29, 0.717) is 13.0 Å². The van der Waals surface area contributed by atoms with Gasteiger partial charge in [-0.3, -0.25) is 4.79 Å². The monoisotopic (exact) mass is 174 g/mol. The number of carbonyl (C=O) groups excluding carboxylic acids is 1. The van der Waals surface area contributed by atoms with E-state index in [2.05, 4.69) is 5.32 Å². The highest BCUT2D eigenvalue weighted by atomic mass is 16.3. The first-order chi connectivity index (χ1) is 5.66. The van der Waals surface area contributed by atoms with E-state index in [9.17, 15) is 4.79 Å². The van der Waals surface area contributed by atoms with Gasteiger partial charge in [-0.25, -0.2) is 0 Å². The Hall–Kier alpha value is -0.610. The molecule has 0 radical (unpaired) electrons. The lowest BCUT2D eigenvalue weighted by Crippen LogP contribution is -2.24. The second kappa shape index (κ2) is 7.06. The number of primary amides is 1. The number of carbonyl (C=O) groups is 1. The van der Waals surface area contributed by atoms with Crippen LogP contribution in [0.4, 0.5) is 0 Å². The van der Waals surface area contributed by atoms with Crippen molar-refractivity contribution in [1.82, 2.24) is 5.32 Å². The van der Waals surface area contributed by atoms with Crippen LogP contribution in [0.5, 0.6) is 0 Å². The van der Waals surface area contributed by atoms with E-state index in [1.165, 1.54) is 0 Å². The van der Waals surface area contributed by atoms with Crippen molar-refractivity contribution in [3.05, 3.63) is 0 Å². The van der Waals surface area contributed by atoms with Crippen molar-refractivity contribution >= 4 is 5.91 Å². The van der Waals surface area contributed by atoms with E-state index in [1.807, 2.05) is 6.92 Å². The number of nitrogens with two attached hydrogens (primary N) is 1. The van der Waals surface area contributed by atoms with E-state index < -0.39 is 0 Å². The molecule has 0 aliphatic rings. The van der Waals surface area contributed by atoms with Crippen LogP contribution >= 0.6 is 0 Å². The summed E-state index contributed by atoms with van der Waals surface area (Å²) in [6.45, 7) is 3.28. The zero-order valence-corrected chi connectivity index (χ0v) is 7.55. The molecule has 72 valence electrons. The molecule has 4 N–H and O–H groups in total. The molecule has 1 atom stereocenters. The van der Waals surface area contributed by atoms with Gasteiger partial charge in [0.15, 0.2) is 0 Å². The van der Waals surface area contributed by atoms with Gasteiger partial charge in [-0.2, -0.15) is 0 Å². The van der Waals surface area contributed by atoms with Crippen molar-refractivity contribution in [3.8, 4) is 0 Å². The van der Waals surface area contributed by atoms with Crippen LogP contribution < -0.4 is 11.1 Å². The molecule has 12 heavy (non-hydrogen) atoms. The molecular weight excluding hydrogens is 156 g/mol. The second-order valence-electron chi connectivity index (χ2n) is 2.82. The van der Waals surface area contributed by atoms with Crippen LogP contribution in [0.1, 0.15) is 26.2 Å². The predicted octanol–water partition coefficient (Wildman–Crippen LogP) is -0.388. The largest absolute Gasteiger partial charge is 0.393 e. The van der Waals surface area contributed by atoms with Crippen molar-refractivity contribution in [2.45, 2.75) is 32.3 Å². The third kappa shape index (κ3) is 7.50. The topological polar surface area (TPSA) is 75.3 Å². The van der Waals surface area contributed by atoms with Crippen LogP contribution in [0, 0.1) is 0 Å². The fraction of sp³-hybridized carbons (Fsp3) is 0.875. The Balaban J connectivity index is 3.05. The average molecular weight is 174 g/mol. The smallest absolute Gasteiger partial charge is 0.218 e. The number of aliphatic hydroxyl groups excluding tert-OH is 1. The molecule has 0 aliphatic carbocycles. The third-order valence-corrected chi connectivity index (χ3v) is 1.67. The molecule has 4 heteroatoms. The molecule has 1 amide bonds. The van der Waals surface area contributed by atoms with Gasteiger partial charge in [-0.1, -0.05) is 6.92 Å². The van der Waals surface area contributed by atoms with Crippen LogP contribution in [-0.2, 0) is 4.79 Å². The Morgan fingerprint density at radius 2 is 2.25 bits per heavy atom. The van der Waals surface area contributed by atoms with Gasteiger partial charge in [0, 0.05) is 13.0 Å². The summed E-state index contributed by atoms with van der Waals surface area (Å²) >= 11 is 0. The van der Waals surface area contributed by atoms with E-state index in [-0.39, 0.29) is 12.0 Å². The van der Waals surface area contributed by atoms with E-state index in [1.54, 1.807) is 0 Å². The van der Waals surface area contributed by atoms with Crippen molar-refractivity contribution in [3.63, 3.8) is 0 Å². The summed E-state index contributed by atoms with van der Waals surface area (Å²) in [7, 11) is 0. The summed E-state index contributed by atoms with van der Waals surface area (Å²) in [6.07, 6.45) is 1.64. The zero-order chi connectivity index (χ0) is 9.40. The molecule has 0 heterocycles. The molecule has 0 saturated carbocycles. The van der Waals surface area contributed by atoms with Gasteiger partial charge in [-0.05, 0) is 19.4 Å². The summed E-state index contributed by atoms with van der Waals surface area (Å²) in [5.41, 5.74) is 4.93. The lowest BCUT2D eigenvalue weighted by atomic mass is 10.2. The number of hydrogen-bond donors (Lipinski definition) is 3. The second-order valence-corrected chi connectivity index (χ2v) is 2.82. The first-order valence-electron chi connectivity index (χ1n) is 4.34. The maximum absolute atomic E-state index is 10.3. The molecule has 0 aromatic rings. The molecule has 0 fully saturated rings. The first kappa shape index (κ1) is 11.4. The van der Waals surface area contributed by atoms with Crippen LogP contribution in [0.25, 0.3) is 0 Å². The van der Waals surface area contributed by atoms with Gasteiger partial charge in [0.1, 0.15) is 0 Å². The van der Waals surface area contributed by atoms with Gasteiger partial charge in [0.2, 0.25) is 5.91 Å². The zero-order valence-electron chi connectivity index (χ0n) is 7.55. The molecule has 4 nitrogen and oxygen atoms in total. The average Bonchev–Trinajstić information content (AvgIpc) is 2.03. The van der Waals surface area contributed by atoms with Gasteiger partial charge < -0.3 is 16.2 Å². The normalized spacial score (nSPS) is 12.8. The van der Waals surface area contributed by atoms with Crippen LogP contribution in [0.15, 0.2) is 0 Å². The Labute approximate surface area is 73.1 Å². The molecule has 0 aromatic heterocycles. The van der Waals surface area contributed by atoms with Gasteiger partial charge in [0.05, 0.1) is 6.10 Å². The molecule has 0 aromatic carbocycles. The predicted molar refractivity (Wildman–Crippen MR) is 47.6 cm³/mol. The van der Waals surface area contributed by atoms with Crippen molar-refractivity contribution in [2.24, 2.45) is 5.73 Å².